The molecule has 1 aromatic rings. The highest BCUT2D eigenvalue weighted by atomic mass is 35.5. The number of aromatic nitrogens is 3. The van der Waals surface area contributed by atoms with Gasteiger partial charge in [-0.3, -0.25) is 0 Å². The minimum absolute atomic E-state index is 0.0466. The fourth-order valence-corrected chi connectivity index (χ4v) is 2.58. The van der Waals surface area contributed by atoms with Gasteiger partial charge < -0.3 is 10.4 Å². The van der Waals surface area contributed by atoms with Crippen molar-refractivity contribution in [3.05, 3.63) is 10.6 Å². The third kappa shape index (κ3) is 3.93. The van der Waals surface area contributed by atoms with Gasteiger partial charge in [-0.1, -0.05) is 25.7 Å². The summed E-state index contributed by atoms with van der Waals surface area (Å²) in [5.74, 6) is 0.303. The number of hydrogen-bond donors (Lipinski definition) is 2. The zero-order valence-corrected chi connectivity index (χ0v) is 11.5. The van der Waals surface area contributed by atoms with E-state index in [1.54, 1.807) is 0 Å². The van der Waals surface area contributed by atoms with Crippen LogP contribution in [0, 0.1) is 0 Å². The van der Waals surface area contributed by atoms with Gasteiger partial charge in [-0.2, -0.15) is 15.0 Å². The Bertz CT molecular complexity index is 388. The lowest BCUT2D eigenvalue weighted by atomic mass is 9.95. The van der Waals surface area contributed by atoms with Crippen molar-refractivity contribution in [2.75, 3.05) is 11.9 Å². The lowest BCUT2D eigenvalue weighted by Gasteiger charge is -2.26. The van der Waals surface area contributed by atoms with Gasteiger partial charge in [0.1, 0.15) is 0 Å². The number of anilines is 1. The van der Waals surface area contributed by atoms with Gasteiger partial charge in [0.25, 0.3) is 0 Å². The van der Waals surface area contributed by atoms with Crippen LogP contribution in [-0.2, 0) is 0 Å². The van der Waals surface area contributed by atoms with Crippen LogP contribution in [0.4, 0.5) is 5.95 Å². The lowest BCUT2D eigenvalue weighted by Crippen LogP contribution is -2.36. The quantitative estimate of drug-likeness (QED) is 0.838. The van der Waals surface area contributed by atoms with Crippen LogP contribution in [0.5, 0.6) is 0 Å². The van der Waals surface area contributed by atoms with Crippen LogP contribution < -0.4 is 5.32 Å². The van der Waals surface area contributed by atoms with Crippen molar-refractivity contribution in [3.63, 3.8) is 0 Å². The average Bonchev–Trinajstić information content (AvgIpc) is 2.51. The van der Waals surface area contributed by atoms with Crippen LogP contribution in [0.15, 0.2) is 0 Å². The molecule has 0 amide bonds. The van der Waals surface area contributed by atoms with E-state index in [-0.39, 0.29) is 10.6 Å². The molecule has 1 aliphatic carbocycles. The maximum atomic E-state index is 10.5. The minimum Gasteiger partial charge on any atom is -0.388 e. The summed E-state index contributed by atoms with van der Waals surface area (Å²) in [6, 6.07) is 0. The summed E-state index contributed by atoms with van der Waals surface area (Å²) in [5, 5.41) is 13.5. The van der Waals surface area contributed by atoms with Crippen LogP contribution in [0.25, 0.3) is 0 Å². The van der Waals surface area contributed by atoms with Crippen molar-refractivity contribution in [1.29, 1.82) is 0 Å². The molecule has 2 N–H and O–H groups in total. The van der Waals surface area contributed by atoms with Crippen molar-refractivity contribution in [2.24, 2.45) is 0 Å². The molecule has 0 unspecified atom stereocenters. The van der Waals surface area contributed by atoms with Gasteiger partial charge >= 0.3 is 0 Å². The second-order valence-corrected chi connectivity index (χ2v) is 5.37. The molecule has 0 aliphatic heterocycles. The molecule has 2 rings (SSSR count). The Labute approximate surface area is 116 Å². The van der Waals surface area contributed by atoms with Crippen molar-refractivity contribution in [3.8, 4) is 0 Å². The minimum atomic E-state index is -0.692. The second-order valence-electron chi connectivity index (χ2n) is 4.69. The van der Waals surface area contributed by atoms with Gasteiger partial charge in [0.2, 0.25) is 16.5 Å². The summed E-state index contributed by atoms with van der Waals surface area (Å²) >= 11 is 11.4. The van der Waals surface area contributed by atoms with Gasteiger partial charge in [0, 0.05) is 6.54 Å². The molecule has 1 heterocycles. The van der Waals surface area contributed by atoms with Crippen molar-refractivity contribution in [2.45, 2.75) is 44.1 Å². The molecule has 1 saturated carbocycles. The molecule has 0 spiro atoms. The zero-order chi connectivity index (χ0) is 13.0. The highest BCUT2D eigenvalue weighted by Crippen LogP contribution is 2.27. The summed E-state index contributed by atoms with van der Waals surface area (Å²) in [7, 11) is 0. The van der Waals surface area contributed by atoms with E-state index in [1.165, 1.54) is 12.8 Å². The summed E-state index contributed by atoms with van der Waals surface area (Å²) in [6.45, 7) is 0.406. The Morgan fingerprint density at radius 1 is 1.00 bits per heavy atom. The topological polar surface area (TPSA) is 70.9 Å². The number of nitrogens with zero attached hydrogens (tertiary/aromatic N) is 3. The first-order valence-electron chi connectivity index (χ1n) is 6.11. The standard InChI is InChI=1S/C11H16Cl2N4O/c12-8-15-9(13)17-10(16-8)14-7-11(18)5-3-1-2-4-6-11/h18H,1-7H2,(H,14,15,16,17). The Kier molecular flexibility index (Phi) is 4.59. The lowest BCUT2D eigenvalue weighted by molar-refractivity contribution is 0.0379. The third-order valence-electron chi connectivity index (χ3n) is 3.19. The van der Waals surface area contributed by atoms with E-state index in [1.807, 2.05) is 0 Å². The van der Waals surface area contributed by atoms with Crippen LogP contribution >= 0.6 is 23.2 Å². The smallest absolute Gasteiger partial charge is 0.228 e. The maximum Gasteiger partial charge on any atom is 0.228 e. The maximum absolute atomic E-state index is 10.5. The summed E-state index contributed by atoms with van der Waals surface area (Å²) in [6.07, 6.45) is 6.07. The SMILES string of the molecule is OC1(CNc2nc(Cl)nc(Cl)n2)CCCCCC1. The summed E-state index contributed by atoms with van der Waals surface area (Å²) in [5.41, 5.74) is -0.692. The van der Waals surface area contributed by atoms with E-state index >= 15 is 0 Å². The monoisotopic (exact) mass is 290 g/mol. The van der Waals surface area contributed by atoms with Gasteiger partial charge in [0.05, 0.1) is 5.60 Å². The molecule has 18 heavy (non-hydrogen) atoms. The highest BCUT2D eigenvalue weighted by Gasteiger charge is 2.27. The van der Waals surface area contributed by atoms with E-state index in [0.717, 1.165) is 25.7 Å². The number of rotatable bonds is 3. The molecule has 0 bridgehead atoms. The van der Waals surface area contributed by atoms with Gasteiger partial charge in [0.15, 0.2) is 0 Å². The van der Waals surface area contributed by atoms with Crippen LogP contribution in [0.3, 0.4) is 0 Å². The van der Waals surface area contributed by atoms with Gasteiger partial charge in [-0.15, -0.1) is 0 Å². The molecule has 0 saturated heterocycles. The van der Waals surface area contributed by atoms with Crippen LogP contribution in [0.2, 0.25) is 10.6 Å². The fourth-order valence-electron chi connectivity index (χ4n) is 2.21. The molecular weight excluding hydrogens is 275 g/mol. The molecule has 0 aromatic carbocycles. The van der Waals surface area contributed by atoms with Gasteiger partial charge in [-0.25, -0.2) is 0 Å². The fraction of sp³-hybridized carbons (Fsp3) is 0.727. The Balaban J connectivity index is 1.97. The number of halogens is 2. The number of aliphatic hydroxyl groups is 1. The first-order valence-corrected chi connectivity index (χ1v) is 6.86. The molecule has 1 aliphatic rings. The van der Waals surface area contributed by atoms with Crippen molar-refractivity contribution in [1.82, 2.24) is 15.0 Å². The van der Waals surface area contributed by atoms with Gasteiger partial charge in [-0.05, 0) is 36.0 Å². The summed E-state index contributed by atoms with van der Waals surface area (Å²) < 4.78 is 0. The van der Waals surface area contributed by atoms with E-state index < -0.39 is 5.60 Å². The van der Waals surface area contributed by atoms with E-state index in [2.05, 4.69) is 20.3 Å². The average molecular weight is 291 g/mol. The number of nitrogens with one attached hydrogen (secondary N) is 1. The molecule has 7 heteroatoms. The number of hydrogen-bond acceptors (Lipinski definition) is 5. The highest BCUT2D eigenvalue weighted by molar-refractivity contribution is 6.31. The largest absolute Gasteiger partial charge is 0.388 e. The molecular formula is C11H16Cl2N4O. The predicted molar refractivity (Wildman–Crippen MR) is 71.0 cm³/mol. The molecule has 1 fully saturated rings. The van der Waals surface area contributed by atoms with Crippen molar-refractivity contribution >= 4 is 29.2 Å². The molecule has 100 valence electrons. The predicted octanol–water partition coefficient (Wildman–Crippen LogP) is 2.68. The first-order chi connectivity index (χ1) is 8.57. The Hall–Kier alpha value is -0.650. The molecule has 1 aromatic heterocycles. The Morgan fingerprint density at radius 3 is 2.11 bits per heavy atom. The first kappa shape index (κ1) is 13.8. The van der Waals surface area contributed by atoms with Crippen LogP contribution in [-0.4, -0.2) is 32.2 Å². The van der Waals surface area contributed by atoms with E-state index in [4.69, 9.17) is 23.2 Å². The normalized spacial score (nSPS) is 19.3. The van der Waals surface area contributed by atoms with E-state index in [9.17, 15) is 5.11 Å². The molecule has 0 atom stereocenters. The summed E-state index contributed by atoms with van der Waals surface area (Å²) in [4.78, 5) is 11.5. The van der Waals surface area contributed by atoms with E-state index in [0.29, 0.717) is 12.5 Å². The molecule has 0 radical (unpaired) electrons. The van der Waals surface area contributed by atoms with Crippen LogP contribution in [0.1, 0.15) is 38.5 Å². The zero-order valence-electron chi connectivity index (χ0n) is 9.99. The Morgan fingerprint density at radius 2 is 1.56 bits per heavy atom. The third-order valence-corrected chi connectivity index (χ3v) is 3.53. The van der Waals surface area contributed by atoms with Crippen molar-refractivity contribution < 1.29 is 5.11 Å². The molecule has 5 nitrogen and oxygen atoms in total. The second kappa shape index (κ2) is 5.99.